The maximum absolute atomic E-state index is 11.0. The zero-order valence-electron chi connectivity index (χ0n) is 9.83. The number of aromatic nitrogens is 2. The molecule has 1 aromatic heterocycles. The van der Waals surface area contributed by atoms with Crippen molar-refractivity contribution >= 4 is 33.8 Å². The molecule has 0 saturated carbocycles. The molecule has 1 aromatic carbocycles. The second-order valence-corrected chi connectivity index (χ2v) is 5.43. The van der Waals surface area contributed by atoms with Crippen LogP contribution in [-0.2, 0) is 4.79 Å². The van der Waals surface area contributed by atoms with Gasteiger partial charge >= 0.3 is 5.97 Å². The summed E-state index contributed by atoms with van der Waals surface area (Å²) in [4.78, 5) is 15.5. The number of carbonyl (C=O) groups is 1. The van der Waals surface area contributed by atoms with Gasteiger partial charge in [0.05, 0.1) is 16.1 Å². The lowest BCUT2D eigenvalue weighted by molar-refractivity contribution is -0.136. The van der Waals surface area contributed by atoms with Crippen LogP contribution in [0.1, 0.15) is 12.2 Å². The molecule has 1 unspecified atom stereocenters. The topological polar surface area (TPSA) is 55.1 Å². The van der Waals surface area contributed by atoms with Gasteiger partial charge in [0.1, 0.15) is 11.1 Å². The zero-order chi connectivity index (χ0) is 12.7. The van der Waals surface area contributed by atoms with Crippen LogP contribution >= 0.6 is 11.8 Å². The number of aryl methyl sites for hydroxylation is 1. The molecule has 18 heavy (non-hydrogen) atoms. The quantitative estimate of drug-likeness (QED) is 0.902. The summed E-state index contributed by atoms with van der Waals surface area (Å²) in [7, 11) is 0. The van der Waals surface area contributed by atoms with Gasteiger partial charge in [-0.25, -0.2) is 4.98 Å². The highest BCUT2D eigenvalue weighted by Gasteiger charge is 2.26. The molecule has 0 aliphatic carbocycles. The Hall–Kier alpha value is -1.75. The second-order valence-electron chi connectivity index (χ2n) is 4.21. The predicted octanol–water partition coefficient (Wildman–Crippen LogP) is 2.73. The molecule has 4 nitrogen and oxygen atoms in total. The van der Waals surface area contributed by atoms with Crippen molar-refractivity contribution in [2.75, 3.05) is 0 Å². The van der Waals surface area contributed by atoms with Crippen molar-refractivity contribution in [3.63, 3.8) is 0 Å². The van der Waals surface area contributed by atoms with E-state index >= 15 is 0 Å². The number of allylic oxidation sites excluding steroid dienone is 1. The van der Waals surface area contributed by atoms with Crippen molar-refractivity contribution in [3.8, 4) is 0 Å². The van der Waals surface area contributed by atoms with Gasteiger partial charge in [-0.2, -0.15) is 0 Å². The van der Waals surface area contributed by atoms with E-state index in [-0.39, 0.29) is 5.25 Å². The number of hydrogen-bond donors (Lipinski definition) is 1. The Kier molecular flexibility index (Phi) is 2.63. The van der Waals surface area contributed by atoms with Gasteiger partial charge in [0.25, 0.3) is 0 Å². The molecule has 0 fully saturated rings. The number of rotatable bonds is 2. The fourth-order valence-corrected chi connectivity index (χ4v) is 3.28. The monoisotopic (exact) mass is 260 g/mol. The van der Waals surface area contributed by atoms with Crippen LogP contribution in [0.3, 0.4) is 0 Å². The van der Waals surface area contributed by atoms with E-state index < -0.39 is 5.97 Å². The molecule has 0 saturated heterocycles. The Bertz CT molecular complexity index is 660. The van der Waals surface area contributed by atoms with Crippen molar-refractivity contribution in [1.82, 2.24) is 9.55 Å². The minimum atomic E-state index is -0.756. The van der Waals surface area contributed by atoms with Crippen LogP contribution in [0.2, 0.25) is 0 Å². The molecule has 2 aromatic rings. The fourth-order valence-electron chi connectivity index (χ4n) is 2.17. The molecule has 92 valence electrons. The van der Waals surface area contributed by atoms with E-state index in [0.717, 1.165) is 21.9 Å². The van der Waals surface area contributed by atoms with Crippen molar-refractivity contribution in [2.45, 2.75) is 18.6 Å². The number of imidazole rings is 1. The number of hydrogen-bond acceptors (Lipinski definition) is 3. The molecule has 2 heterocycles. The maximum atomic E-state index is 11.0. The summed E-state index contributed by atoms with van der Waals surface area (Å²) in [5.41, 5.74) is 1.97. The first kappa shape index (κ1) is 11.3. The summed E-state index contributed by atoms with van der Waals surface area (Å²) in [5.74, 6) is 0.134. The van der Waals surface area contributed by atoms with Crippen molar-refractivity contribution < 1.29 is 9.90 Å². The van der Waals surface area contributed by atoms with E-state index in [4.69, 9.17) is 5.11 Å². The molecule has 0 bridgehead atoms. The minimum Gasteiger partial charge on any atom is -0.480 e. The van der Waals surface area contributed by atoms with E-state index in [0.29, 0.717) is 6.42 Å². The largest absolute Gasteiger partial charge is 0.480 e. The van der Waals surface area contributed by atoms with Gasteiger partial charge in [0, 0.05) is 0 Å². The van der Waals surface area contributed by atoms with Crippen LogP contribution in [0, 0.1) is 6.92 Å². The number of thioether (sulfide) groups is 1. The van der Waals surface area contributed by atoms with Gasteiger partial charge in [-0.15, -0.1) is 0 Å². The van der Waals surface area contributed by atoms with Crippen LogP contribution in [-0.4, -0.2) is 25.9 Å². The Morgan fingerprint density at radius 2 is 2.28 bits per heavy atom. The maximum Gasteiger partial charge on any atom is 0.317 e. The smallest absolute Gasteiger partial charge is 0.317 e. The normalized spacial score (nSPS) is 19.2. The molecule has 0 radical (unpaired) electrons. The molecule has 1 aliphatic rings. The summed E-state index contributed by atoms with van der Waals surface area (Å²) < 4.78 is 2.03. The van der Waals surface area contributed by atoms with Gasteiger partial charge in [-0.05, 0) is 25.5 Å². The summed E-state index contributed by atoms with van der Waals surface area (Å²) in [6, 6.07) is 7.89. The lowest BCUT2D eigenvalue weighted by atomic mass is 10.3. The number of fused-ring (bicyclic) bond motifs is 1. The second kappa shape index (κ2) is 4.17. The minimum absolute atomic E-state index is 0.374. The van der Waals surface area contributed by atoms with Gasteiger partial charge in [-0.1, -0.05) is 30.0 Å². The number of para-hydroxylation sites is 2. The Labute approximate surface area is 108 Å². The van der Waals surface area contributed by atoms with Gasteiger partial charge in [0.2, 0.25) is 0 Å². The van der Waals surface area contributed by atoms with Gasteiger partial charge < -0.3 is 5.11 Å². The van der Waals surface area contributed by atoms with Crippen molar-refractivity contribution in [1.29, 1.82) is 0 Å². The zero-order valence-corrected chi connectivity index (χ0v) is 10.6. The predicted molar refractivity (Wildman–Crippen MR) is 72.4 cm³/mol. The van der Waals surface area contributed by atoms with Gasteiger partial charge in [-0.3, -0.25) is 9.36 Å². The van der Waals surface area contributed by atoms with Gasteiger partial charge in [0.15, 0.2) is 0 Å². The summed E-state index contributed by atoms with van der Waals surface area (Å²) >= 11 is 1.39. The molecular weight excluding hydrogens is 248 g/mol. The first-order chi connectivity index (χ1) is 8.66. The average Bonchev–Trinajstić information content (AvgIpc) is 2.91. The van der Waals surface area contributed by atoms with Crippen LogP contribution in [0.15, 0.2) is 30.3 Å². The third-order valence-corrected chi connectivity index (χ3v) is 4.26. The summed E-state index contributed by atoms with van der Waals surface area (Å²) in [6.07, 6.45) is 2.55. The van der Waals surface area contributed by atoms with E-state index in [2.05, 4.69) is 4.98 Å². The lowest BCUT2D eigenvalue weighted by Gasteiger charge is -2.08. The Balaban J connectivity index is 2.06. The molecule has 5 heteroatoms. The number of carboxylic acid groups (broad SMARTS) is 1. The average molecular weight is 260 g/mol. The van der Waals surface area contributed by atoms with Crippen molar-refractivity contribution in [3.05, 3.63) is 36.2 Å². The van der Waals surface area contributed by atoms with E-state index in [9.17, 15) is 4.79 Å². The molecular formula is C13H12N2O2S. The third kappa shape index (κ3) is 1.71. The molecule has 0 spiro atoms. The highest BCUT2D eigenvalue weighted by molar-refractivity contribution is 8.09. The van der Waals surface area contributed by atoms with Crippen LogP contribution in [0.5, 0.6) is 0 Å². The standard InChI is InChI=1S/C13H12N2O2S/c1-8-14-9-4-2-3-5-10(9)15(8)12-7-6-11(18-12)13(16)17/h2-5,7,11H,6H2,1H3,(H,16,17). The van der Waals surface area contributed by atoms with E-state index in [1.807, 2.05) is 41.8 Å². The molecule has 1 atom stereocenters. The number of carboxylic acids is 1. The molecule has 3 rings (SSSR count). The molecule has 0 amide bonds. The first-order valence-electron chi connectivity index (χ1n) is 5.71. The van der Waals surface area contributed by atoms with Crippen LogP contribution in [0.4, 0.5) is 0 Å². The first-order valence-corrected chi connectivity index (χ1v) is 6.59. The third-order valence-electron chi connectivity index (χ3n) is 2.99. The van der Waals surface area contributed by atoms with Crippen LogP contribution < -0.4 is 0 Å². The lowest BCUT2D eigenvalue weighted by Crippen LogP contribution is -2.12. The SMILES string of the molecule is Cc1nc2ccccc2n1C1=CCC(C(=O)O)S1. The number of benzene rings is 1. The Morgan fingerprint density at radius 3 is 3.00 bits per heavy atom. The molecule has 1 N–H and O–H groups in total. The summed E-state index contributed by atoms with van der Waals surface area (Å²) in [6.45, 7) is 1.94. The number of nitrogens with zero attached hydrogens (tertiary/aromatic N) is 2. The Morgan fingerprint density at radius 1 is 1.50 bits per heavy atom. The highest BCUT2D eigenvalue weighted by Crippen LogP contribution is 2.38. The van der Waals surface area contributed by atoms with Crippen LogP contribution in [0.25, 0.3) is 16.1 Å². The molecule has 1 aliphatic heterocycles. The summed E-state index contributed by atoms with van der Waals surface area (Å²) in [5, 5.41) is 9.62. The van der Waals surface area contributed by atoms with E-state index in [1.54, 1.807) is 0 Å². The van der Waals surface area contributed by atoms with Crippen molar-refractivity contribution in [2.24, 2.45) is 0 Å². The number of aliphatic carboxylic acids is 1. The highest BCUT2D eigenvalue weighted by atomic mass is 32.2. The fraction of sp³-hybridized carbons (Fsp3) is 0.231. The van der Waals surface area contributed by atoms with E-state index in [1.165, 1.54) is 11.8 Å².